The van der Waals surface area contributed by atoms with Crippen LogP contribution >= 0.6 is 0 Å². The van der Waals surface area contributed by atoms with Crippen molar-refractivity contribution in [1.82, 2.24) is 4.90 Å². The third kappa shape index (κ3) is 2.76. The lowest BCUT2D eigenvalue weighted by molar-refractivity contribution is -0.0856. The molecule has 0 aromatic heterocycles. The Bertz CT molecular complexity index is 238. The lowest BCUT2D eigenvalue weighted by Crippen LogP contribution is -2.51. The number of nitrogens with two attached hydrogens (primary N) is 1. The van der Waals surface area contributed by atoms with E-state index >= 15 is 0 Å². The second-order valence-corrected chi connectivity index (χ2v) is 6.06. The lowest BCUT2D eigenvalue weighted by Gasteiger charge is -2.42. The molecule has 1 aliphatic heterocycles. The van der Waals surface area contributed by atoms with Gasteiger partial charge in [0.1, 0.15) is 0 Å². The Kier molecular flexibility index (Phi) is 3.57. The van der Waals surface area contributed by atoms with Crippen LogP contribution in [0.3, 0.4) is 0 Å². The molecule has 1 saturated carbocycles. The summed E-state index contributed by atoms with van der Waals surface area (Å²) in [6.45, 7) is 6.09. The topological polar surface area (TPSA) is 38.5 Å². The molecule has 0 aromatic carbocycles. The van der Waals surface area contributed by atoms with Crippen molar-refractivity contribution in [1.29, 1.82) is 0 Å². The van der Waals surface area contributed by atoms with Crippen LogP contribution in [0.5, 0.6) is 0 Å². The van der Waals surface area contributed by atoms with E-state index < -0.39 is 0 Å². The summed E-state index contributed by atoms with van der Waals surface area (Å²) in [6.07, 6.45) is 5.04. The molecule has 3 heteroatoms. The van der Waals surface area contributed by atoms with Gasteiger partial charge in [-0.1, -0.05) is 0 Å². The SMILES string of the molecule is CN(C1CCOC(C)(C)C1)C(CN)C1CC1. The average molecular weight is 226 g/mol. The van der Waals surface area contributed by atoms with E-state index in [1.807, 2.05) is 0 Å². The molecule has 2 aliphatic rings. The van der Waals surface area contributed by atoms with E-state index in [-0.39, 0.29) is 5.60 Å². The normalized spacial score (nSPS) is 31.7. The molecule has 0 bridgehead atoms. The molecule has 2 N–H and O–H groups in total. The smallest absolute Gasteiger partial charge is 0.0641 e. The van der Waals surface area contributed by atoms with Crippen LogP contribution < -0.4 is 5.73 Å². The first-order chi connectivity index (χ1) is 7.53. The largest absolute Gasteiger partial charge is 0.375 e. The van der Waals surface area contributed by atoms with E-state index in [2.05, 4.69) is 25.8 Å². The lowest BCUT2D eigenvalue weighted by atomic mass is 9.92. The van der Waals surface area contributed by atoms with Gasteiger partial charge in [-0.25, -0.2) is 0 Å². The number of ether oxygens (including phenoxy) is 1. The minimum absolute atomic E-state index is 0.0415. The molecule has 1 heterocycles. The zero-order valence-electron chi connectivity index (χ0n) is 10.9. The van der Waals surface area contributed by atoms with Crippen molar-refractivity contribution in [3.05, 3.63) is 0 Å². The maximum Gasteiger partial charge on any atom is 0.0641 e. The predicted molar refractivity (Wildman–Crippen MR) is 66.4 cm³/mol. The molecular formula is C13H26N2O. The van der Waals surface area contributed by atoms with Gasteiger partial charge in [-0.15, -0.1) is 0 Å². The maximum atomic E-state index is 5.92. The Labute approximate surface area is 99.3 Å². The van der Waals surface area contributed by atoms with E-state index in [0.717, 1.165) is 31.9 Å². The van der Waals surface area contributed by atoms with Crippen LogP contribution in [-0.2, 0) is 4.74 Å². The summed E-state index contributed by atoms with van der Waals surface area (Å²) in [4.78, 5) is 2.53. The van der Waals surface area contributed by atoms with Crippen molar-refractivity contribution < 1.29 is 4.74 Å². The second kappa shape index (κ2) is 4.63. The highest BCUT2D eigenvalue weighted by atomic mass is 16.5. The Balaban J connectivity index is 1.94. The monoisotopic (exact) mass is 226 g/mol. The molecular weight excluding hydrogens is 200 g/mol. The molecule has 2 rings (SSSR count). The first-order valence-electron chi connectivity index (χ1n) is 6.59. The highest BCUT2D eigenvalue weighted by molar-refractivity contribution is 4.93. The molecule has 0 spiro atoms. The number of hydrogen-bond acceptors (Lipinski definition) is 3. The molecule has 94 valence electrons. The molecule has 0 radical (unpaired) electrons. The van der Waals surface area contributed by atoms with Crippen LogP contribution in [0.2, 0.25) is 0 Å². The second-order valence-electron chi connectivity index (χ2n) is 6.06. The molecule has 0 amide bonds. The first kappa shape index (κ1) is 12.3. The Morgan fingerprint density at radius 1 is 1.38 bits per heavy atom. The van der Waals surface area contributed by atoms with Crippen LogP contribution in [0.25, 0.3) is 0 Å². The van der Waals surface area contributed by atoms with Crippen LogP contribution in [0.15, 0.2) is 0 Å². The summed E-state index contributed by atoms with van der Waals surface area (Å²) in [5, 5.41) is 0. The summed E-state index contributed by atoms with van der Waals surface area (Å²) >= 11 is 0. The fourth-order valence-electron chi connectivity index (χ4n) is 2.99. The minimum Gasteiger partial charge on any atom is -0.375 e. The van der Waals surface area contributed by atoms with Gasteiger partial charge in [0.15, 0.2) is 0 Å². The zero-order chi connectivity index (χ0) is 11.8. The molecule has 2 atom stereocenters. The van der Waals surface area contributed by atoms with Gasteiger partial charge in [0.2, 0.25) is 0 Å². The molecule has 0 aromatic rings. The van der Waals surface area contributed by atoms with Crippen LogP contribution in [0.4, 0.5) is 0 Å². The number of nitrogens with zero attached hydrogens (tertiary/aromatic N) is 1. The highest BCUT2D eigenvalue weighted by Gasteiger charge is 2.38. The number of hydrogen-bond donors (Lipinski definition) is 1. The third-order valence-corrected chi connectivity index (χ3v) is 4.18. The number of likely N-dealkylation sites (N-methyl/N-ethyl adjacent to an activating group) is 1. The molecule has 1 saturated heterocycles. The average Bonchev–Trinajstić information content (AvgIpc) is 3.01. The van der Waals surface area contributed by atoms with Crippen LogP contribution in [-0.4, -0.2) is 42.8 Å². The first-order valence-corrected chi connectivity index (χ1v) is 6.59. The van der Waals surface area contributed by atoms with Crippen molar-refractivity contribution in [3.8, 4) is 0 Å². The molecule has 2 unspecified atom stereocenters. The standard InChI is InChI=1S/C13H26N2O/c1-13(2)8-11(6-7-16-13)15(3)12(9-14)10-4-5-10/h10-12H,4-9,14H2,1-3H3. The molecule has 16 heavy (non-hydrogen) atoms. The Hall–Kier alpha value is -0.120. The van der Waals surface area contributed by atoms with Gasteiger partial charge in [-0.3, -0.25) is 4.90 Å². The highest BCUT2D eigenvalue weighted by Crippen LogP contribution is 2.37. The molecule has 1 aliphatic carbocycles. The quantitative estimate of drug-likeness (QED) is 0.791. The summed E-state index contributed by atoms with van der Waals surface area (Å²) in [6, 6.07) is 1.25. The summed E-state index contributed by atoms with van der Waals surface area (Å²) in [5.41, 5.74) is 5.96. The van der Waals surface area contributed by atoms with Crippen molar-refractivity contribution in [2.24, 2.45) is 11.7 Å². The van der Waals surface area contributed by atoms with E-state index in [1.54, 1.807) is 0 Å². The van der Waals surface area contributed by atoms with E-state index in [1.165, 1.54) is 12.8 Å². The van der Waals surface area contributed by atoms with Gasteiger partial charge in [0.25, 0.3) is 0 Å². The Morgan fingerprint density at radius 3 is 2.56 bits per heavy atom. The fourth-order valence-corrected chi connectivity index (χ4v) is 2.99. The van der Waals surface area contributed by atoms with Crippen molar-refractivity contribution in [2.75, 3.05) is 20.2 Å². The van der Waals surface area contributed by atoms with Gasteiger partial charge in [-0.2, -0.15) is 0 Å². The molecule has 2 fully saturated rings. The zero-order valence-corrected chi connectivity index (χ0v) is 10.9. The van der Waals surface area contributed by atoms with Gasteiger partial charge in [0, 0.05) is 25.2 Å². The number of rotatable bonds is 4. The summed E-state index contributed by atoms with van der Waals surface area (Å²) in [5.74, 6) is 0.862. The van der Waals surface area contributed by atoms with Crippen LogP contribution in [0.1, 0.15) is 39.5 Å². The van der Waals surface area contributed by atoms with E-state index in [4.69, 9.17) is 10.5 Å². The molecule has 3 nitrogen and oxygen atoms in total. The third-order valence-electron chi connectivity index (χ3n) is 4.18. The van der Waals surface area contributed by atoms with Gasteiger partial charge >= 0.3 is 0 Å². The van der Waals surface area contributed by atoms with E-state index in [0.29, 0.717) is 12.1 Å². The van der Waals surface area contributed by atoms with Crippen LogP contribution in [0, 0.1) is 5.92 Å². The van der Waals surface area contributed by atoms with E-state index in [9.17, 15) is 0 Å². The van der Waals surface area contributed by atoms with Crippen molar-refractivity contribution in [3.63, 3.8) is 0 Å². The van der Waals surface area contributed by atoms with Gasteiger partial charge in [0.05, 0.1) is 5.60 Å². The summed E-state index contributed by atoms with van der Waals surface area (Å²) in [7, 11) is 2.25. The maximum absolute atomic E-state index is 5.92. The predicted octanol–water partition coefficient (Wildman–Crippen LogP) is 1.61. The minimum atomic E-state index is 0.0415. The van der Waals surface area contributed by atoms with Gasteiger partial charge in [-0.05, 0) is 52.5 Å². The van der Waals surface area contributed by atoms with Crippen molar-refractivity contribution >= 4 is 0 Å². The Morgan fingerprint density at radius 2 is 2.06 bits per heavy atom. The van der Waals surface area contributed by atoms with Crippen molar-refractivity contribution in [2.45, 2.75) is 57.2 Å². The fraction of sp³-hybridized carbons (Fsp3) is 1.00. The van der Waals surface area contributed by atoms with Gasteiger partial charge < -0.3 is 10.5 Å². The summed E-state index contributed by atoms with van der Waals surface area (Å²) < 4.78 is 5.78.